The Labute approximate surface area is 233 Å². The van der Waals surface area contributed by atoms with Gasteiger partial charge in [0.1, 0.15) is 5.58 Å². The zero-order valence-electron chi connectivity index (χ0n) is 21.4. The third-order valence-electron chi connectivity index (χ3n) is 8.81. The minimum atomic E-state index is 0.923. The van der Waals surface area contributed by atoms with Gasteiger partial charge in [0.2, 0.25) is 0 Å². The van der Waals surface area contributed by atoms with Gasteiger partial charge in [0, 0.05) is 41.7 Å². The highest BCUT2D eigenvalue weighted by molar-refractivity contribution is 7.26. The van der Waals surface area contributed by atoms with Crippen molar-refractivity contribution in [1.29, 1.82) is 0 Å². The van der Waals surface area contributed by atoms with E-state index in [9.17, 15) is 0 Å². The topological polar surface area (TPSA) is 18.1 Å². The van der Waals surface area contributed by atoms with E-state index < -0.39 is 0 Å². The molecule has 3 aromatic heterocycles. The fourth-order valence-corrected chi connectivity index (χ4v) is 8.25. The number of rotatable bonds is 1. The minimum Gasteiger partial charge on any atom is -0.454 e. The molecule has 40 heavy (non-hydrogen) atoms. The zero-order valence-corrected chi connectivity index (χ0v) is 22.3. The van der Waals surface area contributed by atoms with Crippen molar-refractivity contribution < 1.29 is 4.42 Å². The van der Waals surface area contributed by atoms with Crippen LogP contribution >= 0.6 is 11.3 Å². The summed E-state index contributed by atoms with van der Waals surface area (Å²) in [6.45, 7) is 0. The Morgan fingerprint density at radius 2 is 1.40 bits per heavy atom. The van der Waals surface area contributed by atoms with E-state index >= 15 is 0 Å². The van der Waals surface area contributed by atoms with Crippen LogP contribution in [-0.4, -0.2) is 4.57 Å². The Hall–Kier alpha value is -4.86. The smallest absolute Gasteiger partial charge is 0.159 e. The molecule has 3 heterocycles. The van der Waals surface area contributed by atoms with E-state index in [1.54, 1.807) is 0 Å². The Morgan fingerprint density at radius 3 is 2.38 bits per heavy atom. The quantitative estimate of drug-likeness (QED) is 0.208. The second kappa shape index (κ2) is 7.41. The molecule has 1 aliphatic carbocycles. The molecule has 186 valence electrons. The Bertz CT molecular complexity index is 2520. The maximum absolute atomic E-state index is 6.51. The number of aromatic nitrogens is 1. The second-order valence-corrected chi connectivity index (χ2v) is 12.0. The first-order valence-electron chi connectivity index (χ1n) is 13.7. The molecule has 1 aliphatic rings. The molecule has 0 N–H and O–H groups in total. The van der Waals surface area contributed by atoms with Gasteiger partial charge in [-0.15, -0.1) is 11.3 Å². The monoisotopic (exact) mass is 527 g/mol. The van der Waals surface area contributed by atoms with Gasteiger partial charge in [-0.3, -0.25) is 0 Å². The molecule has 6 aromatic carbocycles. The lowest BCUT2D eigenvalue weighted by Crippen LogP contribution is -1.94. The van der Waals surface area contributed by atoms with Gasteiger partial charge in [-0.2, -0.15) is 0 Å². The van der Waals surface area contributed by atoms with E-state index in [2.05, 4.69) is 114 Å². The van der Waals surface area contributed by atoms with Gasteiger partial charge >= 0.3 is 0 Å². The molecule has 0 amide bonds. The van der Waals surface area contributed by atoms with Crippen molar-refractivity contribution in [3.05, 3.63) is 126 Å². The van der Waals surface area contributed by atoms with E-state index in [-0.39, 0.29) is 0 Å². The molecule has 0 bridgehead atoms. The van der Waals surface area contributed by atoms with E-state index in [0.29, 0.717) is 0 Å². The average molecular weight is 528 g/mol. The van der Waals surface area contributed by atoms with Gasteiger partial charge in [0.05, 0.1) is 16.7 Å². The molecule has 0 fully saturated rings. The van der Waals surface area contributed by atoms with Crippen molar-refractivity contribution in [1.82, 2.24) is 4.57 Å². The van der Waals surface area contributed by atoms with Gasteiger partial charge in [-0.1, -0.05) is 78.9 Å². The summed E-state index contributed by atoms with van der Waals surface area (Å²) in [5, 5.41) is 7.60. The fourth-order valence-electron chi connectivity index (χ4n) is 7.12. The predicted octanol–water partition coefficient (Wildman–Crippen LogP) is 10.6. The second-order valence-electron chi connectivity index (χ2n) is 10.9. The largest absolute Gasteiger partial charge is 0.454 e. The van der Waals surface area contributed by atoms with Crippen LogP contribution in [0.5, 0.6) is 0 Å². The van der Waals surface area contributed by atoms with Crippen LogP contribution in [0.2, 0.25) is 0 Å². The number of fused-ring (bicyclic) bond motifs is 13. The van der Waals surface area contributed by atoms with Crippen molar-refractivity contribution in [2.45, 2.75) is 6.42 Å². The molecule has 0 aliphatic heterocycles. The number of para-hydroxylation sites is 3. The first-order chi connectivity index (χ1) is 19.8. The molecule has 0 atom stereocenters. The molecule has 3 heteroatoms. The van der Waals surface area contributed by atoms with Crippen molar-refractivity contribution in [2.24, 2.45) is 0 Å². The van der Waals surface area contributed by atoms with Crippen LogP contribution < -0.4 is 0 Å². The third-order valence-corrected chi connectivity index (χ3v) is 9.93. The van der Waals surface area contributed by atoms with E-state index in [1.807, 2.05) is 17.4 Å². The highest BCUT2D eigenvalue weighted by Gasteiger charge is 2.24. The van der Waals surface area contributed by atoms with Gasteiger partial charge < -0.3 is 8.98 Å². The maximum atomic E-state index is 6.51. The third kappa shape index (κ3) is 2.58. The maximum Gasteiger partial charge on any atom is 0.159 e. The summed E-state index contributed by atoms with van der Waals surface area (Å²) >= 11 is 1.90. The molecule has 0 unspecified atom stereocenters. The number of hydrogen-bond acceptors (Lipinski definition) is 2. The van der Waals surface area contributed by atoms with Crippen LogP contribution in [0.3, 0.4) is 0 Å². The lowest BCUT2D eigenvalue weighted by Gasteiger charge is -2.09. The summed E-state index contributed by atoms with van der Waals surface area (Å²) in [7, 11) is 0. The van der Waals surface area contributed by atoms with E-state index in [1.165, 1.54) is 64.2 Å². The van der Waals surface area contributed by atoms with Gasteiger partial charge in [0.15, 0.2) is 5.58 Å². The first kappa shape index (κ1) is 21.0. The van der Waals surface area contributed by atoms with Gasteiger partial charge in [-0.25, -0.2) is 0 Å². The summed E-state index contributed by atoms with van der Waals surface area (Å²) in [5.74, 6) is 0. The number of thiophene rings is 1. The summed E-state index contributed by atoms with van der Waals surface area (Å²) in [4.78, 5) is 0. The normalized spacial score (nSPS) is 12.9. The number of furan rings is 1. The summed E-state index contributed by atoms with van der Waals surface area (Å²) < 4.78 is 11.6. The molecule has 0 spiro atoms. The molecular weight excluding hydrogens is 506 g/mol. The summed E-state index contributed by atoms with van der Waals surface area (Å²) in [6.07, 6.45) is 1.02. The predicted molar refractivity (Wildman–Crippen MR) is 169 cm³/mol. The zero-order chi connectivity index (χ0) is 25.9. The van der Waals surface area contributed by atoms with Crippen molar-refractivity contribution in [3.8, 4) is 16.8 Å². The Morgan fingerprint density at radius 1 is 0.575 bits per heavy atom. The van der Waals surface area contributed by atoms with Crippen LogP contribution in [0, 0.1) is 0 Å². The van der Waals surface area contributed by atoms with E-state index in [0.717, 1.165) is 34.0 Å². The SMILES string of the molecule is c1ccc2c(c1)Cc1ccc3sc4cc5c(cc4c3c1-2)c1ccccc1n5-c1cccc2c1oc1ccccc12. The molecule has 2 nitrogen and oxygen atoms in total. The minimum absolute atomic E-state index is 0.923. The average Bonchev–Trinajstić information content (AvgIpc) is 3.74. The Kier molecular flexibility index (Phi) is 3.89. The van der Waals surface area contributed by atoms with Crippen LogP contribution in [0.15, 0.2) is 120 Å². The number of nitrogens with zero attached hydrogens (tertiary/aromatic N) is 1. The summed E-state index contributed by atoms with van der Waals surface area (Å²) in [6, 6.07) is 42.0. The summed E-state index contributed by atoms with van der Waals surface area (Å²) in [5.41, 5.74) is 11.0. The lowest BCUT2D eigenvalue weighted by molar-refractivity contribution is 0.666. The molecule has 0 radical (unpaired) electrons. The number of hydrogen-bond donors (Lipinski definition) is 0. The van der Waals surface area contributed by atoms with Crippen molar-refractivity contribution >= 4 is 75.3 Å². The van der Waals surface area contributed by atoms with Crippen molar-refractivity contribution in [2.75, 3.05) is 0 Å². The number of benzene rings is 6. The van der Waals surface area contributed by atoms with Crippen LogP contribution in [-0.2, 0) is 6.42 Å². The van der Waals surface area contributed by atoms with Crippen LogP contribution in [0.1, 0.15) is 11.1 Å². The van der Waals surface area contributed by atoms with Crippen molar-refractivity contribution in [3.63, 3.8) is 0 Å². The van der Waals surface area contributed by atoms with Gasteiger partial charge in [0.25, 0.3) is 0 Å². The highest BCUT2D eigenvalue weighted by Crippen LogP contribution is 2.48. The van der Waals surface area contributed by atoms with Gasteiger partial charge in [-0.05, 0) is 65.1 Å². The molecule has 10 rings (SSSR count). The standard InChI is InChI=1S/C37H21NOS/c1-2-9-23-21(8-1)18-22-16-17-33-36(35(22)23)28-19-27-24-10-3-5-13-29(24)38(31(27)20-34(28)40-33)30-14-7-12-26-25-11-4-6-15-32(25)39-37(26)30/h1-17,19-20H,18H2. The van der Waals surface area contributed by atoms with Crippen LogP contribution in [0.25, 0.3) is 80.7 Å². The molecule has 9 aromatic rings. The fraction of sp³-hybridized carbons (Fsp3) is 0.0270. The molecular formula is C37H21NOS. The molecule has 0 saturated carbocycles. The van der Waals surface area contributed by atoms with E-state index in [4.69, 9.17) is 4.42 Å². The molecule has 0 saturated heterocycles. The lowest BCUT2D eigenvalue weighted by atomic mass is 9.98. The highest BCUT2D eigenvalue weighted by atomic mass is 32.1. The van der Waals surface area contributed by atoms with Crippen LogP contribution in [0.4, 0.5) is 0 Å². The Balaban J connectivity index is 1.35. The first-order valence-corrected chi connectivity index (χ1v) is 14.6.